The summed E-state index contributed by atoms with van der Waals surface area (Å²) in [4.78, 5) is 25.5. The number of benzene rings is 2. The lowest BCUT2D eigenvalue weighted by Gasteiger charge is -2.20. The Hall–Kier alpha value is -3.12. The summed E-state index contributed by atoms with van der Waals surface area (Å²) in [5.74, 6) is 0.00677. The van der Waals surface area contributed by atoms with Gasteiger partial charge in [0.15, 0.2) is 0 Å². The number of carbonyl (C=O) groups is 2. The van der Waals surface area contributed by atoms with E-state index in [0.29, 0.717) is 4.88 Å². The summed E-state index contributed by atoms with van der Waals surface area (Å²) < 4.78 is 10.9. The van der Waals surface area contributed by atoms with Crippen LogP contribution in [0.4, 0.5) is 0 Å². The molecule has 186 valence electrons. The van der Waals surface area contributed by atoms with Crippen LogP contribution in [-0.4, -0.2) is 25.0 Å². The fourth-order valence-corrected chi connectivity index (χ4v) is 4.93. The van der Waals surface area contributed by atoms with Crippen molar-refractivity contribution in [1.82, 2.24) is 5.32 Å². The van der Waals surface area contributed by atoms with E-state index >= 15 is 0 Å². The van der Waals surface area contributed by atoms with E-state index in [9.17, 15) is 9.59 Å². The first kappa shape index (κ1) is 26.5. The molecule has 0 fully saturated rings. The van der Waals surface area contributed by atoms with Crippen LogP contribution in [0.25, 0.3) is 11.1 Å². The Morgan fingerprint density at radius 3 is 2.09 bits per heavy atom. The molecule has 2 atom stereocenters. The van der Waals surface area contributed by atoms with Gasteiger partial charge >= 0.3 is 5.97 Å². The molecule has 1 aromatic heterocycles. The molecule has 35 heavy (non-hydrogen) atoms. The van der Waals surface area contributed by atoms with E-state index in [4.69, 9.17) is 4.74 Å². The topological polar surface area (TPSA) is 64.6 Å². The molecular weight excluding hydrogens is 458 g/mol. The van der Waals surface area contributed by atoms with E-state index < -0.39 is 12.0 Å². The summed E-state index contributed by atoms with van der Waals surface area (Å²) in [5.41, 5.74) is 6.16. The van der Waals surface area contributed by atoms with Crippen LogP contribution in [0.1, 0.15) is 72.0 Å². The van der Waals surface area contributed by atoms with Crippen molar-refractivity contribution in [3.63, 3.8) is 0 Å². The maximum Gasteiger partial charge on any atom is 0.328 e. The zero-order chi connectivity index (χ0) is 25.9. The second-order valence-corrected chi connectivity index (χ2v) is 11.1. The first-order valence-electron chi connectivity index (χ1n) is 11.8. The molecule has 3 aromatic rings. The number of hydrogen-bond acceptors (Lipinski definition) is 5. The highest BCUT2D eigenvalue weighted by molar-refractivity contribution is 7.14. The Morgan fingerprint density at radius 1 is 0.943 bits per heavy atom. The minimum Gasteiger partial charge on any atom is -0.485 e. The Bertz CT molecular complexity index is 1180. The van der Waals surface area contributed by atoms with Crippen molar-refractivity contribution in [2.75, 3.05) is 7.11 Å². The van der Waals surface area contributed by atoms with Crippen molar-refractivity contribution in [3.8, 4) is 16.9 Å². The van der Waals surface area contributed by atoms with Crippen LogP contribution in [-0.2, 0) is 14.9 Å². The molecule has 3 rings (SSSR count). The molecule has 0 saturated heterocycles. The predicted molar refractivity (Wildman–Crippen MR) is 142 cm³/mol. The van der Waals surface area contributed by atoms with Gasteiger partial charge in [0.25, 0.3) is 5.91 Å². The lowest BCUT2D eigenvalue weighted by atomic mass is 9.85. The van der Waals surface area contributed by atoms with Crippen LogP contribution in [0.5, 0.6) is 5.75 Å². The molecule has 1 amide bonds. The number of nitrogens with one attached hydrogen (secondary N) is 1. The Morgan fingerprint density at radius 2 is 1.54 bits per heavy atom. The monoisotopic (exact) mass is 493 g/mol. The number of ether oxygens (including phenoxy) is 2. The van der Waals surface area contributed by atoms with Crippen LogP contribution >= 0.6 is 11.3 Å². The van der Waals surface area contributed by atoms with Gasteiger partial charge < -0.3 is 14.8 Å². The average Bonchev–Trinajstić information content (AvgIpc) is 3.28. The number of amides is 1. The number of carbonyl (C=O) groups excluding carboxylic acids is 2. The summed E-state index contributed by atoms with van der Waals surface area (Å²) in [6.07, 6.45) is -0.227. The summed E-state index contributed by atoms with van der Waals surface area (Å²) in [5, 5.41) is 2.65. The molecule has 0 saturated carbocycles. The van der Waals surface area contributed by atoms with Gasteiger partial charge in [0.1, 0.15) is 17.9 Å². The molecule has 0 aliphatic heterocycles. The average molecular weight is 494 g/mol. The van der Waals surface area contributed by atoms with Crippen LogP contribution in [0.15, 0.2) is 48.5 Å². The van der Waals surface area contributed by atoms with Gasteiger partial charge in [-0.05, 0) is 85.2 Å². The maximum absolute atomic E-state index is 12.5. The fraction of sp³-hybridized carbons (Fsp3) is 0.379. The molecule has 5 nitrogen and oxygen atoms in total. The van der Waals surface area contributed by atoms with Gasteiger partial charge in [-0.1, -0.05) is 45.0 Å². The summed E-state index contributed by atoms with van der Waals surface area (Å²) in [7, 11) is 1.30. The standard InChI is InChI=1S/C29H35NO4S/c1-17-15-23(16-18(2)26(17)21-9-11-22(12-10-21)29(5,6)7)34-20(4)24-13-14-25(35-24)27(31)30-19(3)28(32)33-8/h9-16,19-20H,1-8H3,(H,30,31). The van der Waals surface area contributed by atoms with E-state index in [-0.39, 0.29) is 17.4 Å². The van der Waals surface area contributed by atoms with Crippen LogP contribution in [0.3, 0.4) is 0 Å². The molecule has 1 heterocycles. The molecular formula is C29H35NO4S. The Labute approximate surface area is 212 Å². The molecule has 0 bridgehead atoms. The number of rotatable bonds is 7. The van der Waals surface area contributed by atoms with Crippen molar-refractivity contribution in [2.24, 2.45) is 0 Å². The Balaban J connectivity index is 1.73. The lowest BCUT2D eigenvalue weighted by molar-refractivity contribution is -0.142. The van der Waals surface area contributed by atoms with E-state index in [0.717, 1.165) is 21.8 Å². The molecule has 0 aliphatic rings. The highest BCUT2D eigenvalue weighted by Gasteiger charge is 2.20. The molecule has 0 radical (unpaired) electrons. The van der Waals surface area contributed by atoms with E-state index in [1.807, 2.05) is 13.0 Å². The highest BCUT2D eigenvalue weighted by Crippen LogP contribution is 2.35. The first-order valence-corrected chi connectivity index (χ1v) is 12.6. The van der Waals surface area contributed by atoms with Crippen molar-refractivity contribution < 1.29 is 19.1 Å². The maximum atomic E-state index is 12.5. The third-order valence-corrected chi connectivity index (χ3v) is 7.26. The van der Waals surface area contributed by atoms with Crippen molar-refractivity contribution in [1.29, 1.82) is 0 Å². The highest BCUT2D eigenvalue weighted by atomic mass is 32.1. The van der Waals surface area contributed by atoms with Crippen molar-refractivity contribution in [3.05, 3.63) is 75.0 Å². The van der Waals surface area contributed by atoms with Gasteiger partial charge in [0.2, 0.25) is 0 Å². The number of esters is 1. The van der Waals surface area contributed by atoms with Gasteiger partial charge in [0, 0.05) is 4.88 Å². The predicted octanol–water partition coefficient (Wildman–Crippen LogP) is 6.76. The minimum atomic E-state index is -0.708. The van der Waals surface area contributed by atoms with Crippen molar-refractivity contribution in [2.45, 2.75) is 66.0 Å². The fourth-order valence-electron chi connectivity index (χ4n) is 4.04. The largest absolute Gasteiger partial charge is 0.485 e. The second kappa shape index (κ2) is 10.6. The van der Waals surface area contributed by atoms with Crippen LogP contribution in [0.2, 0.25) is 0 Å². The third kappa shape index (κ3) is 6.31. The van der Waals surface area contributed by atoms with Crippen molar-refractivity contribution >= 4 is 23.2 Å². The van der Waals surface area contributed by atoms with Gasteiger partial charge in [-0.15, -0.1) is 11.3 Å². The molecule has 2 aromatic carbocycles. The number of aryl methyl sites for hydroxylation is 2. The Kier molecular flexibility index (Phi) is 8.06. The van der Waals surface area contributed by atoms with Gasteiger partial charge in [0.05, 0.1) is 12.0 Å². The molecule has 6 heteroatoms. The SMILES string of the molecule is COC(=O)C(C)NC(=O)c1ccc(C(C)Oc2cc(C)c(-c3ccc(C(C)(C)C)cc3)c(C)c2)s1. The van der Waals surface area contributed by atoms with Crippen LogP contribution < -0.4 is 10.1 Å². The zero-order valence-electron chi connectivity index (χ0n) is 21.8. The molecule has 0 aliphatic carbocycles. The smallest absolute Gasteiger partial charge is 0.328 e. The van der Waals surface area contributed by atoms with Crippen LogP contribution in [0, 0.1) is 13.8 Å². The first-order chi connectivity index (χ1) is 16.4. The normalized spacial score (nSPS) is 13.1. The number of methoxy groups -OCH3 is 1. The summed E-state index contributed by atoms with van der Waals surface area (Å²) >= 11 is 1.35. The number of thiophene rings is 1. The quantitative estimate of drug-likeness (QED) is 0.369. The molecule has 1 N–H and O–H groups in total. The van der Waals surface area contributed by atoms with E-state index in [1.54, 1.807) is 13.0 Å². The van der Waals surface area contributed by atoms with E-state index in [1.165, 1.54) is 35.1 Å². The van der Waals surface area contributed by atoms with Gasteiger partial charge in [-0.3, -0.25) is 4.79 Å². The second-order valence-electron chi connectivity index (χ2n) is 9.94. The van der Waals surface area contributed by atoms with Gasteiger partial charge in [-0.2, -0.15) is 0 Å². The minimum absolute atomic E-state index is 0.123. The molecule has 2 unspecified atom stereocenters. The lowest BCUT2D eigenvalue weighted by Crippen LogP contribution is -2.38. The summed E-state index contributed by atoms with van der Waals surface area (Å²) in [6.45, 7) is 14.4. The van der Waals surface area contributed by atoms with E-state index in [2.05, 4.69) is 81.1 Å². The third-order valence-electron chi connectivity index (χ3n) is 6.01. The zero-order valence-corrected chi connectivity index (χ0v) is 22.6. The van der Waals surface area contributed by atoms with Gasteiger partial charge in [-0.25, -0.2) is 4.79 Å². The number of hydrogen-bond donors (Lipinski definition) is 1. The molecule has 0 spiro atoms. The summed E-state index contributed by atoms with van der Waals surface area (Å²) in [6, 6.07) is 15.9.